The highest BCUT2D eigenvalue weighted by Crippen LogP contribution is 1.93. The summed E-state index contributed by atoms with van der Waals surface area (Å²) in [5, 5.41) is 0. The van der Waals surface area contributed by atoms with Crippen molar-refractivity contribution in [1.82, 2.24) is 9.97 Å². The van der Waals surface area contributed by atoms with Crippen molar-refractivity contribution in [1.29, 1.82) is 0 Å². The van der Waals surface area contributed by atoms with Crippen LogP contribution < -0.4 is 0 Å². The van der Waals surface area contributed by atoms with Gasteiger partial charge in [-0.2, -0.15) is 0 Å². The summed E-state index contributed by atoms with van der Waals surface area (Å²) in [6, 6.07) is 0. The summed E-state index contributed by atoms with van der Waals surface area (Å²) < 4.78 is 0. The Kier molecular flexibility index (Phi) is 5.83. The third-order valence-corrected chi connectivity index (χ3v) is 1.22. The van der Waals surface area contributed by atoms with E-state index in [2.05, 4.69) is 30.7 Å². The lowest BCUT2D eigenvalue weighted by atomic mass is 10.2. The van der Waals surface area contributed by atoms with Gasteiger partial charge in [0.2, 0.25) is 0 Å². The Morgan fingerprint density at radius 1 is 1.50 bits per heavy atom. The molecule has 0 aliphatic rings. The maximum absolute atomic E-state index is 3.67. The molecule has 0 unspecified atom stereocenters. The molecule has 0 radical (unpaired) electrons. The van der Waals surface area contributed by atoms with Gasteiger partial charge in [0.25, 0.3) is 0 Å². The largest absolute Gasteiger partial charge is 0.351 e. The highest BCUT2D eigenvalue weighted by Gasteiger charge is 1.80. The van der Waals surface area contributed by atoms with Crippen LogP contribution in [0.5, 0.6) is 0 Å². The van der Waals surface area contributed by atoms with Crippen molar-refractivity contribution < 1.29 is 0 Å². The molecular formula is C8H16N2. The standard InChI is InChI=1S/C5H12.C3H4N2/c1-4-5(2)3;1-2-5-3-4-1/h5H,4H2,1-3H3;1-3H,(H,4,5). The monoisotopic (exact) mass is 140 g/mol. The molecule has 0 aliphatic carbocycles. The highest BCUT2D eigenvalue weighted by molar-refractivity contribution is 4.64. The zero-order valence-electron chi connectivity index (χ0n) is 6.96. The molecule has 1 heterocycles. The first kappa shape index (κ1) is 9.21. The lowest BCUT2D eigenvalue weighted by Gasteiger charge is -1.90. The molecule has 1 aromatic heterocycles. The van der Waals surface area contributed by atoms with Crippen LogP contribution in [0.2, 0.25) is 0 Å². The van der Waals surface area contributed by atoms with Gasteiger partial charge in [-0.05, 0) is 5.92 Å². The number of H-pyrrole nitrogens is 1. The van der Waals surface area contributed by atoms with E-state index in [-0.39, 0.29) is 0 Å². The van der Waals surface area contributed by atoms with Gasteiger partial charge in [0, 0.05) is 12.4 Å². The van der Waals surface area contributed by atoms with Crippen LogP contribution in [0.3, 0.4) is 0 Å². The van der Waals surface area contributed by atoms with E-state index < -0.39 is 0 Å². The second kappa shape index (κ2) is 6.33. The summed E-state index contributed by atoms with van der Waals surface area (Å²) in [6.07, 6.45) is 6.39. The molecule has 0 spiro atoms. The maximum atomic E-state index is 3.67. The van der Waals surface area contributed by atoms with Gasteiger partial charge in [-0.15, -0.1) is 0 Å². The predicted molar refractivity (Wildman–Crippen MR) is 43.7 cm³/mol. The molecule has 0 aliphatic heterocycles. The molecule has 58 valence electrons. The van der Waals surface area contributed by atoms with Crippen molar-refractivity contribution in [3.8, 4) is 0 Å². The normalized spacial score (nSPS) is 8.80. The van der Waals surface area contributed by atoms with E-state index in [0.29, 0.717) is 0 Å². The smallest absolute Gasteiger partial charge is 0.0919 e. The fourth-order valence-electron chi connectivity index (χ4n) is 0.215. The van der Waals surface area contributed by atoms with Crippen molar-refractivity contribution in [2.24, 2.45) is 5.92 Å². The molecule has 0 fully saturated rings. The van der Waals surface area contributed by atoms with Gasteiger partial charge in [0.1, 0.15) is 0 Å². The molecule has 0 aromatic carbocycles. The van der Waals surface area contributed by atoms with E-state index >= 15 is 0 Å². The summed E-state index contributed by atoms with van der Waals surface area (Å²) >= 11 is 0. The van der Waals surface area contributed by atoms with Crippen molar-refractivity contribution in [2.45, 2.75) is 27.2 Å². The Balaban J connectivity index is 0.000000162. The molecule has 0 amide bonds. The molecule has 0 bridgehead atoms. The molecule has 1 rings (SSSR count). The van der Waals surface area contributed by atoms with Gasteiger partial charge < -0.3 is 4.98 Å². The van der Waals surface area contributed by atoms with Crippen LogP contribution in [-0.2, 0) is 0 Å². The average molecular weight is 140 g/mol. The van der Waals surface area contributed by atoms with Crippen LogP contribution in [0, 0.1) is 5.92 Å². The minimum Gasteiger partial charge on any atom is -0.351 e. The van der Waals surface area contributed by atoms with Crippen molar-refractivity contribution in [3.63, 3.8) is 0 Å². The van der Waals surface area contributed by atoms with Gasteiger partial charge in [0.15, 0.2) is 0 Å². The Bertz CT molecular complexity index is 105. The summed E-state index contributed by atoms with van der Waals surface area (Å²) in [6.45, 7) is 6.64. The molecule has 10 heavy (non-hydrogen) atoms. The fourth-order valence-corrected chi connectivity index (χ4v) is 0.215. The molecule has 2 nitrogen and oxygen atoms in total. The van der Waals surface area contributed by atoms with Gasteiger partial charge in [-0.25, -0.2) is 4.98 Å². The van der Waals surface area contributed by atoms with Gasteiger partial charge in [-0.1, -0.05) is 27.2 Å². The number of hydrogen-bond donors (Lipinski definition) is 1. The topological polar surface area (TPSA) is 28.7 Å². The number of nitrogens with zero attached hydrogens (tertiary/aromatic N) is 1. The summed E-state index contributed by atoms with van der Waals surface area (Å²) in [5.74, 6) is 0.884. The third kappa shape index (κ3) is 7.21. The first-order valence-corrected chi connectivity index (χ1v) is 3.70. The molecule has 0 saturated carbocycles. The summed E-state index contributed by atoms with van der Waals surface area (Å²) in [4.78, 5) is 6.42. The van der Waals surface area contributed by atoms with E-state index in [9.17, 15) is 0 Å². The second-order valence-corrected chi connectivity index (χ2v) is 2.56. The van der Waals surface area contributed by atoms with Crippen LogP contribution in [0.1, 0.15) is 27.2 Å². The zero-order valence-corrected chi connectivity index (χ0v) is 6.96. The average Bonchev–Trinajstić information content (AvgIpc) is 2.43. The number of nitrogens with one attached hydrogen (secondary N) is 1. The molecule has 1 aromatic rings. The lowest BCUT2D eigenvalue weighted by Crippen LogP contribution is -1.77. The Labute approximate surface area is 62.7 Å². The Morgan fingerprint density at radius 2 is 2.10 bits per heavy atom. The Hall–Kier alpha value is -0.790. The van der Waals surface area contributed by atoms with Crippen LogP contribution in [0.25, 0.3) is 0 Å². The lowest BCUT2D eigenvalue weighted by molar-refractivity contribution is 0.626. The molecule has 1 N–H and O–H groups in total. The van der Waals surface area contributed by atoms with E-state index in [1.807, 2.05) is 0 Å². The van der Waals surface area contributed by atoms with Gasteiger partial charge >= 0.3 is 0 Å². The zero-order chi connectivity index (χ0) is 7.82. The van der Waals surface area contributed by atoms with Gasteiger partial charge in [0.05, 0.1) is 6.33 Å². The first-order valence-electron chi connectivity index (χ1n) is 3.70. The fraction of sp³-hybridized carbons (Fsp3) is 0.625. The first-order chi connectivity index (χ1) is 4.77. The molecule has 2 heteroatoms. The van der Waals surface area contributed by atoms with E-state index in [1.165, 1.54) is 6.42 Å². The van der Waals surface area contributed by atoms with Gasteiger partial charge in [-0.3, -0.25) is 0 Å². The van der Waals surface area contributed by atoms with Crippen molar-refractivity contribution >= 4 is 0 Å². The van der Waals surface area contributed by atoms with Crippen LogP contribution in [-0.4, -0.2) is 9.97 Å². The van der Waals surface area contributed by atoms with Crippen LogP contribution >= 0.6 is 0 Å². The van der Waals surface area contributed by atoms with Crippen molar-refractivity contribution in [2.75, 3.05) is 0 Å². The van der Waals surface area contributed by atoms with E-state index in [0.717, 1.165) is 5.92 Å². The predicted octanol–water partition coefficient (Wildman–Crippen LogP) is 2.46. The maximum Gasteiger partial charge on any atom is 0.0919 e. The summed E-state index contributed by atoms with van der Waals surface area (Å²) in [5.41, 5.74) is 0. The number of aromatic nitrogens is 2. The van der Waals surface area contributed by atoms with E-state index in [4.69, 9.17) is 0 Å². The van der Waals surface area contributed by atoms with E-state index in [1.54, 1.807) is 18.7 Å². The molecular weight excluding hydrogens is 124 g/mol. The number of aromatic amines is 1. The Morgan fingerprint density at radius 3 is 2.20 bits per heavy atom. The molecule has 0 saturated heterocycles. The highest BCUT2D eigenvalue weighted by atomic mass is 14.8. The van der Waals surface area contributed by atoms with Crippen molar-refractivity contribution in [3.05, 3.63) is 18.7 Å². The van der Waals surface area contributed by atoms with Crippen LogP contribution in [0.15, 0.2) is 18.7 Å². The van der Waals surface area contributed by atoms with Crippen LogP contribution in [0.4, 0.5) is 0 Å². The number of imidazole rings is 1. The summed E-state index contributed by atoms with van der Waals surface area (Å²) in [7, 11) is 0. The third-order valence-electron chi connectivity index (χ3n) is 1.22. The number of rotatable bonds is 1. The minimum atomic E-state index is 0.884. The molecule has 0 atom stereocenters. The minimum absolute atomic E-state index is 0.884. The second-order valence-electron chi connectivity index (χ2n) is 2.56. The number of hydrogen-bond acceptors (Lipinski definition) is 1. The SMILES string of the molecule is CCC(C)C.c1c[nH]cn1. The quantitative estimate of drug-likeness (QED) is 0.637.